The normalized spacial score (nSPS) is 22.7. The molecule has 3 aliphatic rings. The number of esters is 1. The van der Waals surface area contributed by atoms with Crippen molar-refractivity contribution in [2.45, 2.75) is 25.8 Å². The fourth-order valence-corrected chi connectivity index (χ4v) is 4.21. The van der Waals surface area contributed by atoms with Crippen LogP contribution in [-0.2, 0) is 35.3 Å². The number of anilines is 1. The molecule has 0 bridgehead atoms. The van der Waals surface area contributed by atoms with E-state index in [2.05, 4.69) is 14.0 Å². The van der Waals surface area contributed by atoms with Crippen molar-refractivity contribution in [3.05, 3.63) is 30.4 Å². The lowest BCUT2D eigenvalue weighted by Crippen LogP contribution is -2.45. The summed E-state index contributed by atoms with van der Waals surface area (Å²) in [4.78, 5) is 50.6. The Morgan fingerprint density at radius 3 is 2.59 bits per heavy atom. The Labute approximate surface area is 170 Å². The Morgan fingerprint density at radius 2 is 1.90 bits per heavy atom. The molecular weight excluding hydrogens is 396 g/mol. The van der Waals surface area contributed by atoms with Gasteiger partial charge in [-0.2, -0.15) is 8.73 Å². The summed E-state index contributed by atoms with van der Waals surface area (Å²) in [5.74, 6) is -2.91. The zero-order chi connectivity index (χ0) is 20.5. The maximum atomic E-state index is 12.5. The molecule has 150 valence electrons. The van der Waals surface area contributed by atoms with Gasteiger partial charge in [-0.05, 0) is 31.9 Å². The van der Waals surface area contributed by atoms with Crippen LogP contribution in [0.1, 0.15) is 19.8 Å². The van der Waals surface area contributed by atoms with Gasteiger partial charge in [-0.15, -0.1) is 0 Å². The van der Waals surface area contributed by atoms with E-state index in [9.17, 15) is 19.2 Å². The van der Waals surface area contributed by atoms with E-state index >= 15 is 0 Å². The number of hydrogen-bond donors (Lipinski definition) is 1. The topological polar surface area (TPSA) is 118 Å². The number of imide groups is 1. The molecule has 4 rings (SSSR count). The van der Waals surface area contributed by atoms with Crippen LogP contribution in [0.15, 0.2) is 39.1 Å². The predicted molar refractivity (Wildman–Crippen MR) is 104 cm³/mol. The molecule has 3 amide bonds. The minimum absolute atomic E-state index is 0.360. The average molecular weight is 414 g/mol. The monoisotopic (exact) mass is 414 g/mol. The third kappa shape index (κ3) is 3.51. The van der Waals surface area contributed by atoms with E-state index in [0.717, 1.165) is 16.3 Å². The third-order valence-corrected chi connectivity index (χ3v) is 5.72. The fraction of sp³-hybridized carbons (Fsp3) is 0.368. The Balaban J connectivity index is 1.34. The standard InChI is InChI=1S/C19H18N4O5S/c1-10(23-17(25)11-5-2-3-6-12(11)18(23)26)19(27)28-9-15(24)20-13-7-4-8-14-16(13)22-29-21-14/h2-4,7-8,10-12H,5-6,9H2,1H3,(H,20,24)/t10-,11-,12+/m0/s1. The average Bonchev–Trinajstić information content (AvgIpc) is 3.30. The highest BCUT2D eigenvalue weighted by Gasteiger charge is 2.50. The molecule has 3 atom stereocenters. The quantitative estimate of drug-likeness (QED) is 0.457. The van der Waals surface area contributed by atoms with Crippen LogP contribution in [0.3, 0.4) is 0 Å². The molecule has 29 heavy (non-hydrogen) atoms. The first-order valence-corrected chi connectivity index (χ1v) is 9.90. The summed E-state index contributed by atoms with van der Waals surface area (Å²) >= 11 is 1.03. The van der Waals surface area contributed by atoms with Crippen LogP contribution in [0.2, 0.25) is 0 Å². The molecule has 2 heterocycles. The maximum Gasteiger partial charge on any atom is 0.329 e. The van der Waals surface area contributed by atoms with Crippen molar-refractivity contribution in [1.29, 1.82) is 0 Å². The zero-order valence-electron chi connectivity index (χ0n) is 15.5. The van der Waals surface area contributed by atoms with Crippen molar-refractivity contribution >= 4 is 52.1 Å². The number of carbonyl (C=O) groups excluding carboxylic acids is 4. The van der Waals surface area contributed by atoms with Crippen LogP contribution in [0, 0.1) is 11.8 Å². The second kappa shape index (κ2) is 7.70. The summed E-state index contributed by atoms with van der Waals surface area (Å²) in [5, 5.41) is 2.63. The van der Waals surface area contributed by atoms with E-state index in [1.165, 1.54) is 6.92 Å². The number of amides is 3. The van der Waals surface area contributed by atoms with Gasteiger partial charge < -0.3 is 10.1 Å². The predicted octanol–water partition coefficient (Wildman–Crippen LogP) is 2.23. The molecule has 1 fully saturated rings. The number of nitrogens with one attached hydrogen (secondary N) is 1. The second-order valence-corrected chi connectivity index (χ2v) is 7.50. The van der Waals surface area contributed by atoms with E-state index in [1.807, 2.05) is 12.2 Å². The number of rotatable bonds is 5. The Kier molecular flexibility index (Phi) is 5.10. The van der Waals surface area contributed by atoms with Gasteiger partial charge in [0.1, 0.15) is 17.4 Å². The van der Waals surface area contributed by atoms with Crippen LogP contribution in [0.5, 0.6) is 0 Å². The summed E-state index contributed by atoms with van der Waals surface area (Å²) in [6.45, 7) is 0.893. The molecule has 1 saturated heterocycles. The molecule has 1 aliphatic carbocycles. The van der Waals surface area contributed by atoms with Gasteiger partial charge in [-0.3, -0.25) is 19.3 Å². The molecule has 9 nitrogen and oxygen atoms in total. The highest BCUT2D eigenvalue weighted by molar-refractivity contribution is 7.58. The number of hydrogen-bond acceptors (Lipinski definition) is 7. The first kappa shape index (κ1) is 19.2. The van der Waals surface area contributed by atoms with Crippen LogP contribution in [0.25, 0.3) is 0 Å². The second-order valence-electron chi connectivity index (χ2n) is 6.97. The molecule has 0 radical (unpaired) electrons. The van der Waals surface area contributed by atoms with Crippen molar-refractivity contribution in [3.8, 4) is 0 Å². The highest BCUT2D eigenvalue weighted by atomic mass is 32.1. The first-order valence-electron chi connectivity index (χ1n) is 9.17. The number of benzene rings is 1. The molecule has 2 aliphatic heterocycles. The van der Waals surface area contributed by atoms with Crippen LogP contribution < -0.4 is 5.32 Å². The van der Waals surface area contributed by atoms with E-state index in [0.29, 0.717) is 29.9 Å². The Morgan fingerprint density at radius 1 is 1.21 bits per heavy atom. The molecule has 0 spiro atoms. The molecule has 1 N–H and O–H groups in total. The number of carbonyl (C=O) groups is 4. The van der Waals surface area contributed by atoms with Crippen molar-refractivity contribution < 1.29 is 23.9 Å². The summed E-state index contributed by atoms with van der Waals surface area (Å²) < 4.78 is 13.3. The van der Waals surface area contributed by atoms with Gasteiger partial charge in [0.15, 0.2) is 6.61 Å². The molecule has 0 saturated carbocycles. The lowest BCUT2D eigenvalue weighted by Gasteiger charge is -2.21. The van der Waals surface area contributed by atoms with Gasteiger partial charge >= 0.3 is 5.97 Å². The van der Waals surface area contributed by atoms with E-state index in [1.54, 1.807) is 18.2 Å². The number of ether oxygens (including phenoxy) is 1. The van der Waals surface area contributed by atoms with Crippen molar-refractivity contribution in [3.63, 3.8) is 0 Å². The maximum absolute atomic E-state index is 12.5. The van der Waals surface area contributed by atoms with Crippen LogP contribution in [-0.4, -0.2) is 41.2 Å². The highest BCUT2D eigenvalue weighted by Crippen LogP contribution is 2.38. The van der Waals surface area contributed by atoms with Crippen LogP contribution in [0.4, 0.5) is 17.1 Å². The van der Waals surface area contributed by atoms with Gasteiger partial charge in [-0.25, -0.2) is 4.79 Å². The van der Waals surface area contributed by atoms with E-state index in [-0.39, 0.29) is 11.8 Å². The molecule has 10 heteroatoms. The van der Waals surface area contributed by atoms with E-state index in [4.69, 9.17) is 4.74 Å². The van der Waals surface area contributed by atoms with Gasteiger partial charge in [0.2, 0.25) is 11.8 Å². The number of likely N-dealkylation sites (tertiary alicyclic amines) is 1. The van der Waals surface area contributed by atoms with Crippen LogP contribution >= 0.6 is 0 Å². The smallest absolute Gasteiger partial charge is 0.329 e. The molecule has 0 aromatic heterocycles. The number of nitrogens with zero attached hydrogens (tertiary/aromatic N) is 3. The van der Waals surface area contributed by atoms with Gasteiger partial charge in [0, 0.05) is 0 Å². The molecule has 0 unspecified atom stereocenters. The summed E-state index contributed by atoms with van der Waals surface area (Å²) in [7, 11) is 0. The summed E-state index contributed by atoms with van der Waals surface area (Å²) in [6, 6.07) is 4.09. The lowest BCUT2D eigenvalue weighted by molar-refractivity contribution is -0.159. The molecular formula is C19H18N4O5S. The van der Waals surface area contributed by atoms with Gasteiger partial charge in [-0.1, -0.05) is 18.2 Å². The van der Waals surface area contributed by atoms with Crippen molar-refractivity contribution in [1.82, 2.24) is 4.90 Å². The van der Waals surface area contributed by atoms with Crippen molar-refractivity contribution in [2.24, 2.45) is 20.6 Å². The van der Waals surface area contributed by atoms with E-state index < -0.39 is 36.4 Å². The van der Waals surface area contributed by atoms with Gasteiger partial charge in [0.05, 0.1) is 28.9 Å². The fourth-order valence-electron chi connectivity index (χ4n) is 3.66. The third-order valence-electron chi connectivity index (χ3n) is 5.18. The Bertz CT molecular complexity index is 988. The number of allylic oxidation sites excluding steroid dienone is 2. The zero-order valence-corrected chi connectivity index (χ0v) is 16.3. The minimum atomic E-state index is -1.08. The molecule has 1 aromatic carbocycles. The SMILES string of the molecule is C[C@@H](C(=O)OCC(=O)Nc1cccc2c1N=S=N2)N1C(=O)[C@H]2CC=CC[C@H]2C1=O. The largest absolute Gasteiger partial charge is 0.454 e. The minimum Gasteiger partial charge on any atom is -0.454 e. The lowest BCUT2D eigenvalue weighted by atomic mass is 9.85. The molecule has 1 aromatic rings. The van der Waals surface area contributed by atoms with Crippen molar-refractivity contribution in [2.75, 3.05) is 11.9 Å². The van der Waals surface area contributed by atoms with Gasteiger partial charge in [0.25, 0.3) is 5.91 Å². The number of fused-ring (bicyclic) bond motifs is 2. The first-order chi connectivity index (χ1) is 14.0. The summed E-state index contributed by atoms with van der Waals surface area (Å²) in [5.41, 5.74) is 1.67. The Hall–Kier alpha value is -3.14. The summed E-state index contributed by atoms with van der Waals surface area (Å²) in [6.07, 6.45) is 4.74.